The average Bonchev–Trinajstić information content (AvgIpc) is 3.31. The molecule has 1 aromatic heterocycles. The Morgan fingerprint density at radius 3 is 2.65 bits per heavy atom. The number of hydrogen-bond acceptors (Lipinski definition) is 2. The number of carbonyl (C=O) groups is 2. The molecule has 1 aromatic carbocycles. The van der Waals surface area contributed by atoms with Gasteiger partial charge in [0.25, 0.3) is 11.8 Å². The van der Waals surface area contributed by atoms with Gasteiger partial charge in [-0.2, -0.15) is 0 Å². The lowest BCUT2D eigenvalue weighted by molar-refractivity contribution is 0.0932. The van der Waals surface area contributed by atoms with Gasteiger partial charge >= 0.3 is 0 Å². The molecule has 1 aliphatic carbocycles. The van der Waals surface area contributed by atoms with Crippen LogP contribution in [0.2, 0.25) is 0 Å². The number of carbonyl (C=O) groups excluding carboxylic acids is 2. The maximum absolute atomic E-state index is 13.5. The summed E-state index contributed by atoms with van der Waals surface area (Å²) in [5.74, 6) is -0.667. The van der Waals surface area contributed by atoms with Gasteiger partial charge in [0.2, 0.25) is 0 Å². The molecule has 1 spiro atoms. The van der Waals surface area contributed by atoms with E-state index in [1.807, 2.05) is 6.92 Å². The molecule has 4 rings (SSSR count). The molecule has 2 amide bonds. The first-order valence-electron chi connectivity index (χ1n) is 8.89. The Morgan fingerprint density at radius 2 is 2.00 bits per heavy atom. The van der Waals surface area contributed by atoms with Gasteiger partial charge in [-0.25, -0.2) is 4.39 Å². The second kappa shape index (κ2) is 5.69. The van der Waals surface area contributed by atoms with Crippen molar-refractivity contribution in [3.8, 4) is 0 Å². The molecule has 1 aliphatic heterocycles. The molecule has 0 bridgehead atoms. The van der Waals surface area contributed by atoms with E-state index in [0.29, 0.717) is 28.9 Å². The molecule has 6 heteroatoms. The normalized spacial score (nSPS) is 17.5. The number of aryl methyl sites for hydroxylation is 1. The van der Waals surface area contributed by atoms with Crippen LogP contribution in [-0.2, 0) is 13.5 Å². The Labute approximate surface area is 151 Å². The molecular formula is C20H22FN3O2. The highest BCUT2D eigenvalue weighted by Crippen LogP contribution is 2.43. The van der Waals surface area contributed by atoms with Gasteiger partial charge in [0.15, 0.2) is 0 Å². The molecule has 1 fully saturated rings. The molecular weight excluding hydrogens is 333 g/mol. The smallest absolute Gasteiger partial charge is 0.272 e. The van der Waals surface area contributed by atoms with Gasteiger partial charge < -0.3 is 15.2 Å². The lowest BCUT2D eigenvalue weighted by Crippen LogP contribution is -2.35. The van der Waals surface area contributed by atoms with Gasteiger partial charge in [0, 0.05) is 24.0 Å². The fraction of sp³-hybridized carbons (Fsp3) is 0.400. The number of hydrogen-bond donors (Lipinski definition) is 2. The summed E-state index contributed by atoms with van der Waals surface area (Å²) in [5.41, 5.74) is 3.66. The maximum Gasteiger partial charge on any atom is 0.272 e. The number of halogens is 1. The molecule has 0 radical (unpaired) electrons. The molecule has 26 heavy (non-hydrogen) atoms. The Morgan fingerprint density at radius 1 is 1.27 bits per heavy atom. The molecule has 2 N–H and O–H groups in total. The van der Waals surface area contributed by atoms with E-state index in [4.69, 9.17) is 0 Å². The highest BCUT2D eigenvalue weighted by molar-refractivity contribution is 6.08. The summed E-state index contributed by atoms with van der Waals surface area (Å²) in [6.07, 6.45) is 3.56. The molecule has 0 unspecified atom stereocenters. The zero-order valence-corrected chi connectivity index (χ0v) is 15.2. The summed E-state index contributed by atoms with van der Waals surface area (Å²) in [4.78, 5) is 25.7. The Bertz CT molecular complexity index is 941. The third kappa shape index (κ3) is 2.60. The minimum absolute atomic E-state index is 0.0735. The standard InChI is InChI=1S/C20H22FN3O2/c1-11-10-13(4-5-15(11)21)22-19(26)17-14-6-7-20(8-9-20)23-18(25)16(14)12(2)24(17)3/h4-5,10H,6-9H2,1-3H3,(H,22,26)(H,23,25). The molecule has 2 heterocycles. The fourth-order valence-electron chi connectivity index (χ4n) is 3.88. The summed E-state index contributed by atoms with van der Waals surface area (Å²) >= 11 is 0. The van der Waals surface area contributed by atoms with Crippen LogP contribution < -0.4 is 10.6 Å². The van der Waals surface area contributed by atoms with Gasteiger partial charge in [0.05, 0.1) is 5.56 Å². The van der Waals surface area contributed by atoms with Crippen molar-refractivity contribution in [1.29, 1.82) is 0 Å². The van der Waals surface area contributed by atoms with Crippen molar-refractivity contribution in [2.45, 2.75) is 45.1 Å². The van der Waals surface area contributed by atoms with Crippen molar-refractivity contribution < 1.29 is 14.0 Å². The third-order valence-electron chi connectivity index (χ3n) is 5.73. The first-order chi connectivity index (χ1) is 12.3. The van der Waals surface area contributed by atoms with Crippen molar-refractivity contribution >= 4 is 17.5 Å². The summed E-state index contributed by atoms with van der Waals surface area (Å²) in [7, 11) is 1.80. The van der Waals surface area contributed by atoms with E-state index < -0.39 is 0 Å². The van der Waals surface area contributed by atoms with Crippen LogP contribution in [0.5, 0.6) is 0 Å². The van der Waals surface area contributed by atoms with Gasteiger partial charge in [-0.1, -0.05) is 0 Å². The quantitative estimate of drug-likeness (QED) is 0.869. The van der Waals surface area contributed by atoms with Crippen molar-refractivity contribution in [2.75, 3.05) is 5.32 Å². The number of nitrogens with zero attached hydrogens (tertiary/aromatic N) is 1. The van der Waals surface area contributed by atoms with Crippen LogP contribution in [0.15, 0.2) is 18.2 Å². The Balaban J connectivity index is 1.70. The Kier molecular flexibility index (Phi) is 3.68. The first kappa shape index (κ1) is 16.8. The lowest BCUT2D eigenvalue weighted by atomic mass is 10.0. The number of nitrogens with one attached hydrogen (secondary N) is 2. The zero-order valence-electron chi connectivity index (χ0n) is 15.2. The van der Waals surface area contributed by atoms with Crippen molar-refractivity contribution in [1.82, 2.24) is 9.88 Å². The van der Waals surface area contributed by atoms with E-state index in [2.05, 4.69) is 10.6 Å². The van der Waals surface area contributed by atoms with Crippen LogP contribution in [-0.4, -0.2) is 21.9 Å². The SMILES string of the molecule is Cc1cc(NC(=O)c2c3c(c(C)n2C)C(=O)NC2(CC3)CC2)ccc1F. The minimum atomic E-state index is -0.307. The van der Waals surface area contributed by atoms with Gasteiger partial charge in [-0.15, -0.1) is 0 Å². The molecule has 2 aromatic rings. The molecule has 136 valence electrons. The highest BCUT2D eigenvalue weighted by atomic mass is 19.1. The van der Waals surface area contributed by atoms with E-state index in [0.717, 1.165) is 30.5 Å². The summed E-state index contributed by atoms with van der Waals surface area (Å²) < 4.78 is 15.2. The number of benzene rings is 1. The Hall–Kier alpha value is -2.63. The van der Waals surface area contributed by atoms with Crippen LogP contribution in [0.1, 0.15) is 56.9 Å². The fourth-order valence-corrected chi connectivity index (χ4v) is 3.88. The van der Waals surface area contributed by atoms with E-state index in [-0.39, 0.29) is 23.2 Å². The minimum Gasteiger partial charge on any atom is -0.347 e. The van der Waals surface area contributed by atoms with Crippen LogP contribution in [0.4, 0.5) is 10.1 Å². The molecule has 1 saturated carbocycles. The number of amides is 2. The van der Waals surface area contributed by atoms with Crippen molar-refractivity contribution in [3.63, 3.8) is 0 Å². The van der Waals surface area contributed by atoms with Crippen LogP contribution in [0, 0.1) is 19.7 Å². The van der Waals surface area contributed by atoms with Gasteiger partial charge in [-0.05, 0) is 68.9 Å². The number of aromatic nitrogens is 1. The second-order valence-corrected chi connectivity index (χ2v) is 7.50. The number of rotatable bonds is 2. The van der Waals surface area contributed by atoms with Crippen molar-refractivity contribution in [3.05, 3.63) is 52.1 Å². The highest BCUT2D eigenvalue weighted by Gasteiger charge is 2.46. The largest absolute Gasteiger partial charge is 0.347 e. The van der Waals surface area contributed by atoms with Crippen molar-refractivity contribution in [2.24, 2.45) is 7.05 Å². The average molecular weight is 355 g/mol. The molecule has 0 atom stereocenters. The van der Waals surface area contributed by atoms with Gasteiger partial charge in [-0.3, -0.25) is 9.59 Å². The monoisotopic (exact) mass is 355 g/mol. The molecule has 0 saturated heterocycles. The van der Waals surface area contributed by atoms with Crippen LogP contribution in [0.25, 0.3) is 0 Å². The predicted octanol–water partition coefficient (Wildman–Crippen LogP) is 3.24. The first-order valence-corrected chi connectivity index (χ1v) is 8.89. The van der Waals surface area contributed by atoms with E-state index in [1.54, 1.807) is 30.7 Å². The van der Waals surface area contributed by atoms with Crippen LogP contribution in [0.3, 0.4) is 0 Å². The third-order valence-corrected chi connectivity index (χ3v) is 5.73. The van der Waals surface area contributed by atoms with Crippen LogP contribution >= 0.6 is 0 Å². The summed E-state index contributed by atoms with van der Waals surface area (Å²) in [6.45, 7) is 3.52. The molecule has 5 nitrogen and oxygen atoms in total. The topological polar surface area (TPSA) is 63.1 Å². The maximum atomic E-state index is 13.5. The zero-order chi connectivity index (χ0) is 18.6. The van der Waals surface area contributed by atoms with E-state index >= 15 is 0 Å². The lowest BCUT2D eigenvalue weighted by Gasteiger charge is -2.14. The van der Waals surface area contributed by atoms with E-state index in [1.165, 1.54) is 6.07 Å². The molecule has 2 aliphatic rings. The van der Waals surface area contributed by atoms with E-state index in [9.17, 15) is 14.0 Å². The number of anilines is 1. The summed E-state index contributed by atoms with van der Waals surface area (Å²) in [5, 5.41) is 5.99. The number of fused-ring (bicyclic) bond motifs is 1. The predicted molar refractivity (Wildman–Crippen MR) is 97.0 cm³/mol. The summed E-state index contributed by atoms with van der Waals surface area (Å²) in [6, 6.07) is 4.49. The second-order valence-electron chi connectivity index (χ2n) is 7.50. The van der Waals surface area contributed by atoms with Gasteiger partial charge in [0.1, 0.15) is 11.5 Å².